The average Bonchev–Trinajstić information content (AvgIpc) is 2.82. The maximum Gasteiger partial charge on any atom is 0.222 e. The van der Waals surface area contributed by atoms with Crippen LogP contribution in [0, 0.1) is 5.92 Å². The first-order valence-electron chi connectivity index (χ1n) is 6.24. The third-order valence-electron chi connectivity index (χ3n) is 3.55. The van der Waals surface area contributed by atoms with Crippen molar-refractivity contribution < 1.29 is 4.79 Å². The Balaban J connectivity index is 1.64. The molecule has 2 heterocycles. The number of amides is 1. The van der Waals surface area contributed by atoms with E-state index in [0.29, 0.717) is 17.1 Å². The Hall–Kier alpha value is -0.960. The Morgan fingerprint density at radius 3 is 2.88 bits per heavy atom. The summed E-state index contributed by atoms with van der Waals surface area (Å²) < 4.78 is 0. The summed E-state index contributed by atoms with van der Waals surface area (Å²) in [5, 5.41) is 0.557. The minimum atomic E-state index is 0.342. The van der Waals surface area contributed by atoms with Crippen molar-refractivity contribution in [3.8, 4) is 0 Å². The normalized spacial score (nSPS) is 27.6. The first-order valence-corrected chi connectivity index (χ1v) is 7.12. The number of benzene rings is 1. The fourth-order valence-corrected chi connectivity index (χ4v) is 4.08. The van der Waals surface area contributed by atoms with Crippen LogP contribution in [-0.4, -0.2) is 29.1 Å². The summed E-state index contributed by atoms with van der Waals surface area (Å²) >= 11 is 1.93. The molecule has 1 fully saturated rings. The monoisotopic (exact) mass is 247 g/mol. The molecule has 0 radical (unpaired) electrons. The molecule has 2 aliphatic rings. The summed E-state index contributed by atoms with van der Waals surface area (Å²) in [6.07, 6.45) is 1.85. The van der Waals surface area contributed by atoms with Gasteiger partial charge in [0.05, 0.1) is 0 Å². The van der Waals surface area contributed by atoms with Crippen molar-refractivity contribution in [1.82, 2.24) is 4.90 Å². The van der Waals surface area contributed by atoms with E-state index in [1.807, 2.05) is 16.7 Å². The molecule has 17 heavy (non-hydrogen) atoms. The van der Waals surface area contributed by atoms with Crippen LogP contribution >= 0.6 is 11.8 Å². The van der Waals surface area contributed by atoms with Gasteiger partial charge in [-0.2, -0.15) is 0 Å². The zero-order chi connectivity index (χ0) is 11.8. The second-order valence-corrected chi connectivity index (χ2v) is 6.50. The van der Waals surface area contributed by atoms with Crippen LogP contribution < -0.4 is 0 Å². The van der Waals surface area contributed by atoms with Gasteiger partial charge in [-0.1, -0.05) is 25.1 Å². The summed E-state index contributed by atoms with van der Waals surface area (Å²) in [6.45, 7) is 4.03. The van der Waals surface area contributed by atoms with Gasteiger partial charge in [-0.3, -0.25) is 4.79 Å². The zero-order valence-corrected chi connectivity index (χ0v) is 10.9. The Morgan fingerprint density at radius 1 is 1.35 bits per heavy atom. The molecule has 0 aromatic heterocycles. The largest absolute Gasteiger partial charge is 0.341 e. The van der Waals surface area contributed by atoms with E-state index in [1.54, 1.807) is 0 Å². The molecule has 2 unspecified atom stereocenters. The average molecular weight is 247 g/mol. The van der Waals surface area contributed by atoms with Crippen LogP contribution in [0.1, 0.15) is 18.9 Å². The van der Waals surface area contributed by atoms with Crippen molar-refractivity contribution in [2.45, 2.75) is 29.9 Å². The number of carbonyl (C=O) groups excluding carboxylic acids is 1. The Kier molecular flexibility index (Phi) is 2.87. The second kappa shape index (κ2) is 4.37. The Morgan fingerprint density at radius 2 is 2.18 bits per heavy atom. The van der Waals surface area contributed by atoms with Crippen molar-refractivity contribution in [2.75, 3.05) is 13.1 Å². The molecular formula is C14H17NOS. The van der Waals surface area contributed by atoms with Gasteiger partial charge >= 0.3 is 0 Å². The van der Waals surface area contributed by atoms with Gasteiger partial charge in [0, 0.05) is 29.7 Å². The molecule has 1 saturated heterocycles. The molecule has 2 nitrogen and oxygen atoms in total. The lowest BCUT2D eigenvalue weighted by Crippen LogP contribution is -2.32. The molecule has 3 rings (SSSR count). The lowest BCUT2D eigenvalue weighted by molar-refractivity contribution is -0.127. The van der Waals surface area contributed by atoms with Gasteiger partial charge in [-0.25, -0.2) is 0 Å². The quantitative estimate of drug-likeness (QED) is 0.800. The Bertz CT molecular complexity index is 421. The van der Waals surface area contributed by atoms with E-state index < -0.39 is 0 Å². The topological polar surface area (TPSA) is 20.3 Å². The predicted molar refractivity (Wildman–Crippen MR) is 70.2 cm³/mol. The minimum Gasteiger partial charge on any atom is -0.341 e. The van der Waals surface area contributed by atoms with Crippen LogP contribution in [0.4, 0.5) is 0 Å². The SMILES string of the molecule is CC1CC(=O)N(CC2Cc3ccccc3S2)C1. The van der Waals surface area contributed by atoms with Gasteiger partial charge in [-0.05, 0) is 24.0 Å². The summed E-state index contributed by atoms with van der Waals surface area (Å²) in [5.74, 6) is 0.880. The Labute approximate surface area is 106 Å². The summed E-state index contributed by atoms with van der Waals surface area (Å²) in [7, 11) is 0. The number of carbonyl (C=O) groups is 1. The number of thioether (sulfide) groups is 1. The van der Waals surface area contributed by atoms with Gasteiger partial charge in [-0.15, -0.1) is 11.8 Å². The highest BCUT2D eigenvalue weighted by molar-refractivity contribution is 8.00. The standard InChI is InChI=1S/C14H17NOS/c1-10-6-14(16)15(8-10)9-12-7-11-4-2-3-5-13(11)17-12/h2-5,10,12H,6-9H2,1H3. The van der Waals surface area contributed by atoms with Crippen molar-refractivity contribution >= 4 is 17.7 Å². The lowest BCUT2D eigenvalue weighted by atomic mass is 10.1. The fourth-order valence-electron chi connectivity index (χ4n) is 2.75. The molecule has 0 spiro atoms. The molecule has 1 amide bonds. The van der Waals surface area contributed by atoms with Gasteiger partial charge in [0.15, 0.2) is 0 Å². The number of rotatable bonds is 2. The number of nitrogens with zero attached hydrogens (tertiary/aromatic N) is 1. The van der Waals surface area contributed by atoms with E-state index in [9.17, 15) is 4.79 Å². The number of hydrogen-bond donors (Lipinski definition) is 0. The number of fused-ring (bicyclic) bond motifs is 1. The summed E-state index contributed by atoms with van der Waals surface area (Å²) in [6, 6.07) is 8.59. The molecule has 3 heteroatoms. The molecule has 0 aliphatic carbocycles. The van der Waals surface area contributed by atoms with Crippen LogP contribution in [0.15, 0.2) is 29.2 Å². The van der Waals surface area contributed by atoms with Crippen LogP contribution in [0.25, 0.3) is 0 Å². The van der Waals surface area contributed by atoms with Crippen LogP contribution in [0.3, 0.4) is 0 Å². The fraction of sp³-hybridized carbons (Fsp3) is 0.500. The van der Waals surface area contributed by atoms with Crippen LogP contribution in [0.5, 0.6) is 0 Å². The molecule has 1 aromatic carbocycles. The second-order valence-electron chi connectivity index (χ2n) is 5.16. The molecule has 0 bridgehead atoms. The van der Waals surface area contributed by atoms with Crippen molar-refractivity contribution in [3.05, 3.63) is 29.8 Å². The maximum absolute atomic E-state index is 11.8. The van der Waals surface area contributed by atoms with E-state index in [2.05, 4.69) is 31.2 Å². The van der Waals surface area contributed by atoms with E-state index in [0.717, 1.165) is 25.9 Å². The molecule has 1 aromatic rings. The highest BCUT2D eigenvalue weighted by Gasteiger charge is 2.30. The van der Waals surface area contributed by atoms with Crippen LogP contribution in [-0.2, 0) is 11.2 Å². The lowest BCUT2D eigenvalue weighted by Gasteiger charge is -2.19. The van der Waals surface area contributed by atoms with Crippen molar-refractivity contribution in [2.24, 2.45) is 5.92 Å². The highest BCUT2D eigenvalue weighted by atomic mass is 32.2. The minimum absolute atomic E-state index is 0.342. The van der Waals surface area contributed by atoms with Gasteiger partial charge in [0.1, 0.15) is 0 Å². The highest BCUT2D eigenvalue weighted by Crippen LogP contribution is 2.37. The van der Waals surface area contributed by atoms with Crippen LogP contribution in [0.2, 0.25) is 0 Å². The third-order valence-corrected chi connectivity index (χ3v) is 4.85. The molecule has 2 aliphatic heterocycles. The van der Waals surface area contributed by atoms with Crippen molar-refractivity contribution in [1.29, 1.82) is 0 Å². The number of likely N-dealkylation sites (tertiary alicyclic amines) is 1. The third kappa shape index (κ3) is 2.21. The van der Waals surface area contributed by atoms with Gasteiger partial charge in [0.2, 0.25) is 5.91 Å². The summed E-state index contributed by atoms with van der Waals surface area (Å²) in [4.78, 5) is 15.2. The van der Waals surface area contributed by atoms with Gasteiger partial charge in [0.25, 0.3) is 0 Å². The molecular weight excluding hydrogens is 230 g/mol. The van der Waals surface area contributed by atoms with Gasteiger partial charge < -0.3 is 4.90 Å². The van der Waals surface area contributed by atoms with E-state index in [-0.39, 0.29) is 0 Å². The molecule has 2 atom stereocenters. The first kappa shape index (κ1) is 11.1. The van der Waals surface area contributed by atoms with E-state index >= 15 is 0 Å². The maximum atomic E-state index is 11.8. The summed E-state index contributed by atoms with van der Waals surface area (Å²) in [5.41, 5.74) is 1.45. The zero-order valence-electron chi connectivity index (χ0n) is 10.1. The van der Waals surface area contributed by atoms with E-state index in [1.165, 1.54) is 10.5 Å². The van der Waals surface area contributed by atoms with Crippen molar-refractivity contribution in [3.63, 3.8) is 0 Å². The predicted octanol–water partition coefficient (Wildman–Crippen LogP) is 2.57. The first-order chi connectivity index (χ1) is 8.22. The molecule has 90 valence electrons. The molecule has 0 N–H and O–H groups in total. The number of hydrogen-bond acceptors (Lipinski definition) is 2. The van der Waals surface area contributed by atoms with E-state index in [4.69, 9.17) is 0 Å². The molecule has 0 saturated carbocycles. The smallest absolute Gasteiger partial charge is 0.222 e.